The molecule has 0 radical (unpaired) electrons. The molecule has 1 heterocycles. The SMILES string of the molecule is CN1C(=O)C[C@@H](NC(=O)COc2ccc(Br)cc2)[C@@H]1c1ccc(F)cc1. The lowest BCUT2D eigenvalue weighted by Gasteiger charge is -2.26. The Labute approximate surface area is 159 Å². The summed E-state index contributed by atoms with van der Waals surface area (Å²) in [5, 5.41) is 2.86. The van der Waals surface area contributed by atoms with E-state index in [0.29, 0.717) is 5.75 Å². The summed E-state index contributed by atoms with van der Waals surface area (Å²) in [7, 11) is 1.68. The molecular weight excluding hydrogens is 403 g/mol. The summed E-state index contributed by atoms with van der Waals surface area (Å²) in [5.41, 5.74) is 0.777. The summed E-state index contributed by atoms with van der Waals surface area (Å²) < 4.78 is 19.6. The first-order valence-corrected chi connectivity index (χ1v) is 8.92. The van der Waals surface area contributed by atoms with Gasteiger partial charge in [-0.1, -0.05) is 28.1 Å². The van der Waals surface area contributed by atoms with Crippen LogP contribution in [0.25, 0.3) is 0 Å². The molecule has 26 heavy (non-hydrogen) atoms. The Kier molecular flexibility index (Phi) is 5.56. The first-order valence-electron chi connectivity index (χ1n) is 8.13. The molecule has 2 atom stereocenters. The van der Waals surface area contributed by atoms with Gasteiger partial charge in [-0.15, -0.1) is 0 Å². The minimum absolute atomic E-state index is 0.0709. The molecule has 0 saturated carbocycles. The van der Waals surface area contributed by atoms with Crippen LogP contribution in [0.2, 0.25) is 0 Å². The Morgan fingerprint density at radius 3 is 2.54 bits per heavy atom. The third kappa shape index (κ3) is 4.22. The zero-order chi connectivity index (χ0) is 18.7. The van der Waals surface area contributed by atoms with Crippen LogP contribution < -0.4 is 10.1 Å². The largest absolute Gasteiger partial charge is 0.484 e. The Morgan fingerprint density at radius 1 is 1.23 bits per heavy atom. The topological polar surface area (TPSA) is 58.6 Å². The Hall–Kier alpha value is -2.41. The zero-order valence-corrected chi connectivity index (χ0v) is 15.7. The third-order valence-corrected chi connectivity index (χ3v) is 4.86. The molecule has 1 aliphatic rings. The minimum atomic E-state index is -0.390. The summed E-state index contributed by atoms with van der Waals surface area (Å²) in [6.45, 7) is -0.147. The van der Waals surface area contributed by atoms with Gasteiger partial charge in [0.05, 0.1) is 12.1 Å². The average Bonchev–Trinajstić information content (AvgIpc) is 2.89. The Balaban J connectivity index is 1.64. The first-order chi connectivity index (χ1) is 12.4. The summed E-state index contributed by atoms with van der Waals surface area (Å²) in [5.74, 6) is -0.145. The number of carbonyl (C=O) groups excluding carboxylic acids is 2. The number of nitrogens with one attached hydrogen (secondary N) is 1. The van der Waals surface area contributed by atoms with Crippen molar-refractivity contribution in [3.8, 4) is 5.75 Å². The number of rotatable bonds is 5. The molecule has 0 bridgehead atoms. The standard InChI is InChI=1S/C19H18BrFN2O3/c1-23-18(25)10-16(19(23)12-2-6-14(21)7-3-12)22-17(24)11-26-15-8-4-13(20)5-9-15/h2-9,16,19H,10-11H2,1H3,(H,22,24)/t16-,19+/m1/s1. The van der Waals surface area contributed by atoms with E-state index in [0.717, 1.165) is 10.0 Å². The minimum Gasteiger partial charge on any atom is -0.484 e. The predicted octanol–water partition coefficient (Wildman–Crippen LogP) is 3.06. The highest BCUT2D eigenvalue weighted by Crippen LogP contribution is 2.32. The van der Waals surface area contributed by atoms with Crippen molar-refractivity contribution in [2.45, 2.75) is 18.5 Å². The number of hydrogen-bond donors (Lipinski definition) is 1. The highest BCUT2D eigenvalue weighted by molar-refractivity contribution is 9.10. The van der Waals surface area contributed by atoms with Gasteiger partial charge in [-0.25, -0.2) is 4.39 Å². The molecule has 1 saturated heterocycles. The molecule has 0 aromatic heterocycles. The van der Waals surface area contributed by atoms with Gasteiger partial charge in [0.25, 0.3) is 5.91 Å². The van der Waals surface area contributed by atoms with Crippen molar-refractivity contribution in [2.24, 2.45) is 0 Å². The quantitative estimate of drug-likeness (QED) is 0.808. The van der Waals surface area contributed by atoms with Crippen molar-refractivity contribution >= 4 is 27.7 Å². The molecule has 0 unspecified atom stereocenters. The summed E-state index contributed by atoms with van der Waals surface area (Å²) in [6.07, 6.45) is 0.197. The molecule has 5 nitrogen and oxygen atoms in total. The molecule has 1 N–H and O–H groups in total. The smallest absolute Gasteiger partial charge is 0.258 e. The lowest BCUT2D eigenvalue weighted by atomic mass is 10.00. The molecule has 1 fully saturated rings. The summed E-state index contributed by atoms with van der Waals surface area (Å²) in [6, 6.07) is 12.4. The maximum absolute atomic E-state index is 13.2. The Bertz CT molecular complexity index is 795. The second kappa shape index (κ2) is 7.86. The maximum Gasteiger partial charge on any atom is 0.258 e. The highest BCUT2D eigenvalue weighted by Gasteiger charge is 2.39. The number of nitrogens with zero attached hydrogens (tertiary/aromatic N) is 1. The molecule has 2 aromatic carbocycles. The fourth-order valence-electron chi connectivity index (χ4n) is 3.04. The summed E-state index contributed by atoms with van der Waals surface area (Å²) in [4.78, 5) is 25.9. The van der Waals surface area contributed by atoms with Gasteiger partial charge in [-0.05, 0) is 42.0 Å². The van der Waals surface area contributed by atoms with Crippen LogP contribution in [0.15, 0.2) is 53.0 Å². The Morgan fingerprint density at radius 2 is 1.88 bits per heavy atom. The van der Waals surface area contributed by atoms with Gasteiger partial charge in [0.15, 0.2) is 6.61 Å². The van der Waals surface area contributed by atoms with Crippen LogP contribution in [0.4, 0.5) is 4.39 Å². The van der Waals surface area contributed by atoms with Gasteiger partial charge < -0.3 is 15.0 Å². The number of likely N-dealkylation sites (N-methyl/N-ethyl adjacent to an activating group) is 1. The fraction of sp³-hybridized carbons (Fsp3) is 0.263. The number of likely N-dealkylation sites (tertiary alicyclic amines) is 1. The van der Waals surface area contributed by atoms with Gasteiger partial charge in [0.2, 0.25) is 5.91 Å². The molecule has 1 aliphatic heterocycles. The van der Waals surface area contributed by atoms with E-state index in [1.807, 2.05) is 12.1 Å². The summed E-state index contributed by atoms with van der Waals surface area (Å²) >= 11 is 3.33. The monoisotopic (exact) mass is 420 g/mol. The van der Waals surface area contributed by atoms with Gasteiger partial charge in [0.1, 0.15) is 11.6 Å². The molecule has 3 rings (SSSR count). The lowest BCUT2D eigenvalue weighted by Crippen LogP contribution is -2.41. The van der Waals surface area contributed by atoms with E-state index in [4.69, 9.17) is 4.74 Å². The van der Waals surface area contributed by atoms with E-state index >= 15 is 0 Å². The fourth-order valence-corrected chi connectivity index (χ4v) is 3.31. The van der Waals surface area contributed by atoms with Gasteiger partial charge in [-0.2, -0.15) is 0 Å². The third-order valence-electron chi connectivity index (χ3n) is 4.33. The number of hydrogen-bond acceptors (Lipinski definition) is 3. The van der Waals surface area contributed by atoms with E-state index in [-0.39, 0.29) is 42.7 Å². The zero-order valence-electron chi connectivity index (χ0n) is 14.1. The van der Waals surface area contributed by atoms with Crippen LogP contribution >= 0.6 is 15.9 Å². The van der Waals surface area contributed by atoms with Crippen LogP contribution in [-0.2, 0) is 9.59 Å². The van der Waals surface area contributed by atoms with Crippen molar-refractivity contribution in [1.29, 1.82) is 0 Å². The van der Waals surface area contributed by atoms with E-state index in [2.05, 4.69) is 21.2 Å². The van der Waals surface area contributed by atoms with E-state index < -0.39 is 0 Å². The van der Waals surface area contributed by atoms with Crippen molar-refractivity contribution in [3.05, 3.63) is 64.4 Å². The van der Waals surface area contributed by atoms with Gasteiger partial charge >= 0.3 is 0 Å². The molecular formula is C19H18BrFN2O3. The number of ether oxygens (including phenoxy) is 1. The first kappa shape index (κ1) is 18.4. The second-order valence-corrected chi connectivity index (χ2v) is 7.04. The number of amides is 2. The van der Waals surface area contributed by atoms with Gasteiger partial charge in [0, 0.05) is 17.9 Å². The van der Waals surface area contributed by atoms with Crippen LogP contribution in [-0.4, -0.2) is 36.4 Å². The number of halogens is 2. The normalized spacial score (nSPS) is 19.5. The maximum atomic E-state index is 13.2. The molecule has 0 spiro atoms. The second-order valence-electron chi connectivity index (χ2n) is 6.12. The number of benzene rings is 2. The molecule has 136 valence electrons. The van der Waals surface area contributed by atoms with Crippen molar-refractivity contribution in [1.82, 2.24) is 10.2 Å². The van der Waals surface area contributed by atoms with Crippen LogP contribution in [0.5, 0.6) is 5.75 Å². The molecule has 2 aromatic rings. The molecule has 2 amide bonds. The highest BCUT2D eigenvalue weighted by atomic mass is 79.9. The van der Waals surface area contributed by atoms with Crippen LogP contribution in [0.3, 0.4) is 0 Å². The number of carbonyl (C=O) groups is 2. The van der Waals surface area contributed by atoms with Crippen molar-refractivity contribution in [2.75, 3.05) is 13.7 Å². The lowest BCUT2D eigenvalue weighted by molar-refractivity contribution is -0.127. The van der Waals surface area contributed by atoms with Crippen molar-refractivity contribution < 1.29 is 18.7 Å². The molecule has 0 aliphatic carbocycles. The van der Waals surface area contributed by atoms with Gasteiger partial charge in [-0.3, -0.25) is 9.59 Å². The average molecular weight is 421 g/mol. The van der Waals surface area contributed by atoms with Crippen LogP contribution in [0.1, 0.15) is 18.0 Å². The van der Waals surface area contributed by atoms with E-state index in [1.165, 1.54) is 12.1 Å². The predicted molar refractivity (Wildman–Crippen MR) is 98.1 cm³/mol. The van der Waals surface area contributed by atoms with E-state index in [1.54, 1.807) is 36.2 Å². The van der Waals surface area contributed by atoms with Crippen molar-refractivity contribution in [3.63, 3.8) is 0 Å². The van der Waals surface area contributed by atoms with Crippen LogP contribution in [0, 0.1) is 5.82 Å². The molecule has 7 heteroatoms. The van der Waals surface area contributed by atoms with E-state index in [9.17, 15) is 14.0 Å².